The van der Waals surface area contributed by atoms with Crippen LogP contribution in [0.5, 0.6) is 0 Å². The van der Waals surface area contributed by atoms with E-state index in [0.717, 1.165) is 61.9 Å². The van der Waals surface area contributed by atoms with Gasteiger partial charge in [0.25, 0.3) is 0 Å². The van der Waals surface area contributed by atoms with Crippen molar-refractivity contribution in [2.24, 2.45) is 0 Å². The highest BCUT2D eigenvalue weighted by Gasteiger charge is 2.28. The van der Waals surface area contributed by atoms with Crippen molar-refractivity contribution in [1.29, 1.82) is 0 Å². The van der Waals surface area contributed by atoms with Crippen LogP contribution in [0.1, 0.15) is 32.1 Å². The largest absolute Gasteiger partial charge is 0.388 e. The molecule has 0 spiro atoms. The third-order valence-electron chi connectivity index (χ3n) is 4.37. The zero-order valence-corrected chi connectivity index (χ0v) is 13.2. The van der Waals surface area contributed by atoms with Crippen LogP contribution in [-0.4, -0.2) is 51.8 Å². The molecular formula is C15H24N4OS. The molecule has 3 rings (SSSR count). The van der Waals surface area contributed by atoms with Crippen molar-refractivity contribution >= 4 is 23.4 Å². The molecule has 0 unspecified atom stereocenters. The number of rotatable bonds is 4. The molecule has 1 aliphatic carbocycles. The van der Waals surface area contributed by atoms with Crippen LogP contribution in [0, 0.1) is 0 Å². The molecule has 2 N–H and O–H groups in total. The van der Waals surface area contributed by atoms with Gasteiger partial charge in [-0.2, -0.15) is 11.8 Å². The fraction of sp³-hybridized carbons (Fsp3) is 0.733. The first-order valence-electron chi connectivity index (χ1n) is 7.86. The molecule has 6 heteroatoms. The summed E-state index contributed by atoms with van der Waals surface area (Å²) in [6, 6.07) is 2.00. The number of hydrogen-bond acceptors (Lipinski definition) is 6. The van der Waals surface area contributed by atoms with E-state index in [-0.39, 0.29) is 0 Å². The number of hydrogen-bond donors (Lipinski definition) is 2. The number of nitrogens with zero attached hydrogens (tertiary/aromatic N) is 3. The summed E-state index contributed by atoms with van der Waals surface area (Å²) in [5, 5.41) is 13.8. The number of aromatic nitrogens is 2. The Morgan fingerprint density at radius 1 is 1.19 bits per heavy atom. The summed E-state index contributed by atoms with van der Waals surface area (Å²) in [4.78, 5) is 11.0. The predicted molar refractivity (Wildman–Crippen MR) is 88.1 cm³/mol. The quantitative estimate of drug-likeness (QED) is 0.888. The van der Waals surface area contributed by atoms with Gasteiger partial charge in [-0.05, 0) is 12.8 Å². The number of aliphatic hydroxyl groups is 1. The Bertz CT molecular complexity index is 459. The third-order valence-corrected chi connectivity index (χ3v) is 5.31. The molecule has 0 amide bonds. The van der Waals surface area contributed by atoms with Gasteiger partial charge in [-0.15, -0.1) is 0 Å². The summed E-state index contributed by atoms with van der Waals surface area (Å²) in [6.45, 7) is 2.68. The second-order valence-corrected chi connectivity index (χ2v) is 7.22. The van der Waals surface area contributed by atoms with Gasteiger partial charge in [0.05, 0.1) is 5.60 Å². The van der Waals surface area contributed by atoms with E-state index in [0.29, 0.717) is 6.54 Å². The minimum absolute atomic E-state index is 0.564. The van der Waals surface area contributed by atoms with Gasteiger partial charge in [0.15, 0.2) is 0 Å². The van der Waals surface area contributed by atoms with Crippen LogP contribution < -0.4 is 10.2 Å². The number of anilines is 2. The van der Waals surface area contributed by atoms with Gasteiger partial charge in [0.2, 0.25) is 0 Å². The molecule has 1 aliphatic heterocycles. The average Bonchev–Trinajstić information content (AvgIpc) is 2.55. The molecule has 0 radical (unpaired) electrons. The normalized spacial score (nSPS) is 22.0. The first kappa shape index (κ1) is 14.9. The van der Waals surface area contributed by atoms with Crippen LogP contribution in [-0.2, 0) is 0 Å². The Hall–Kier alpha value is -1.01. The van der Waals surface area contributed by atoms with Gasteiger partial charge >= 0.3 is 0 Å². The lowest BCUT2D eigenvalue weighted by Crippen LogP contribution is -2.39. The van der Waals surface area contributed by atoms with Crippen LogP contribution in [0.3, 0.4) is 0 Å². The molecule has 1 aromatic rings. The maximum Gasteiger partial charge on any atom is 0.134 e. The maximum absolute atomic E-state index is 10.5. The Labute approximate surface area is 130 Å². The minimum Gasteiger partial charge on any atom is -0.388 e. The van der Waals surface area contributed by atoms with Crippen molar-refractivity contribution in [1.82, 2.24) is 9.97 Å². The van der Waals surface area contributed by atoms with Crippen molar-refractivity contribution in [2.45, 2.75) is 37.7 Å². The fourth-order valence-electron chi connectivity index (χ4n) is 3.05. The first-order valence-corrected chi connectivity index (χ1v) is 9.02. The highest BCUT2D eigenvalue weighted by atomic mass is 32.2. The third kappa shape index (κ3) is 4.01. The Morgan fingerprint density at radius 2 is 1.95 bits per heavy atom. The maximum atomic E-state index is 10.5. The van der Waals surface area contributed by atoms with Gasteiger partial charge in [-0.3, -0.25) is 0 Å². The van der Waals surface area contributed by atoms with E-state index in [1.807, 2.05) is 17.8 Å². The van der Waals surface area contributed by atoms with Gasteiger partial charge in [0.1, 0.15) is 18.0 Å². The summed E-state index contributed by atoms with van der Waals surface area (Å²) >= 11 is 1.99. The topological polar surface area (TPSA) is 61.3 Å². The summed E-state index contributed by atoms with van der Waals surface area (Å²) in [7, 11) is 0. The van der Waals surface area contributed by atoms with E-state index >= 15 is 0 Å². The predicted octanol–water partition coefficient (Wildman–Crippen LogP) is 2.14. The summed E-state index contributed by atoms with van der Waals surface area (Å²) in [6.07, 6.45) is 6.89. The SMILES string of the molecule is OC1(CNc2cc(N3CCSCC3)ncn2)CCCCC1. The molecule has 21 heavy (non-hydrogen) atoms. The molecule has 5 nitrogen and oxygen atoms in total. The van der Waals surface area contributed by atoms with E-state index in [4.69, 9.17) is 0 Å². The molecule has 116 valence electrons. The van der Waals surface area contributed by atoms with Crippen molar-refractivity contribution < 1.29 is 5.11 Å². The molecule has 2 heterocycles. The molecule has 0 atom stereocenters. The molecule has 1 saturated carbocycles. The summed E-state index contributed by atoms with van der Waals surface area (Å²) in [5.41, 5.74) is -0.564. The molecule has 0 aromatic carbocycles. The number of thioether (sulfide) groups is 1. The van der Waals surface area contributed by atoms with Gasteiger partial charge in [0, 0.05) is 37.2 Å². The van der Waals surface area contributed by atoms with Crippen LogP contribution in [0.15, 0.2) is 12.4 Å². The Morgan fingerprint density at radius 3 is 2.71 bits per heavy atom. The van der Waals surface area contributed by atoms with Crippen molar-refractivity contribution in [3.05, 3.63) is 12.4 Å². The van der Waals surface area contributed by atoms with Crippen molar-refractivity contribution in [3.63, 3.8) is 0 Å². The van der Waals surface area contributed by atoms with E-state index in [9.17, 15) is 5.11 Å². The zero-order valence-electron chi connectivity index (χ0n) is 12.4. The zero-order chi connectivity index (χ0) is 14.5. The van der Waals surface area contributed by atoms with Crippen molar-refractivity contribution in [2.75, 3.05) is 41.4 Å². The van der Waals surface area contributed by atoms with E-state index in [1.54, 1.807) is 6.33 Å². The monoisotopic (exact) mass is 308 g/mol. The lowest BCUT2D eigenvalue weighted by Gasteiger charge is -2.32. The lowest BCUT2D eigenvalue weighted by molar-refractivity contribution is 0.0166. The molecule has 0 bridgehead atoms. The van der Waals surface area contributed by atoms with Crippen LogP contribution in [0.4, 0.5) is 11.6 Å². The molecule has 1 saturated heterocycles. The second-order valence-electron chi connectivity index (χ2n) is 6.00. The summed E-state index contributed by atoms with van der Waals surface area (Å²) < 4.78 is 0. The molecular weight excluding hydrogens is 284 g/mol. The lowest BCUT2D eigenvalue weighted by atomic mass is 9.85. The fourth-order valence-corrected chi connectivity index (χ4v) is 3.95. The van der Waals surface area contributed by atoms with Gasteiger partial charge < -0.3 is 15.3 Å². The summed E-state index contributed by atoms with van der Waals surface area (Å²) in [5.74, 6) is 4.12. The minimum atomic E-state index is -0.564. The molecule has 2 aliphatic rings. The highest BCUT2D eigenvalue weighted by molar-refractivity contribution is 7.99. The van der Waals surface area contributed by atoms with Crippen LogP contribution in [0.25, 0.3) is 0 Å². The van der Waals surface area contributed by atoms with E-state index in [2.05, 4.69) is 20.2 Å². The van der Waals surface area contributed by atoms with Crippen LogP contribution in [0.2, 0.25) is 0 Å². The molecule has 2 fully saturated rings. The van der Waals surface area contributed by atoms with Gasteiger partial charge in [-0.25, -0.2) is 9.97 Å². The molecule has 1 aromatic heterocycles. The van der Waals surface area contributed by atoms with Crippen molar-refractivity contribution in [3.8, 4) is 0 Å². The Kier molecular flexibility index (Phi) is 4.85. The number of nitrogens with one attached hydrogen (secondary N) is 1. The van der Waals surface area contributed by atoms with Gasteiger partial charge in [-0.1, -0.05) is 19.3 Å². The highest BCUT2D eigenvalue weighted by Crippen LogP contribution is 2.28. The first-order chi connectivity index (χ1) is 10.3. The Balaban J connectivity index is 1.60. The average molecular weight is 308 g/mol. The second kappa shape index (κ2) is 6.83. The standard InChI is InChI=1S/C15H24N4OS/c20-15(4-2-1-3-5-15)11-16-13-10-14(18-12-17-13)19-6-8-21-9-7-19/h10,12,20H,1-9,11H2,(H,16,17,18). The van der Waals surface area contributed by atoms with Crippen LogP contribution >= 0.6 is 11.8 Å². The smallest absolute Gasteiger partial charge is 0.134 e. The van der Waals surface area contributed by atoms with E-state index in [1.165, 1.54) is 6.42 Å². The van der Waals surface area contributed by atoms with E-state index < -0.39 is 5.60 Å².